The van der Waals surface area contributed by atoms with Gasteiger partial charge in [0.25, 0.3) is 5.69 Å². The van der Waals surface area contributed by atoms with Crippen molar-refractivity contribution in [2.24, 2.45) is 0 Å². The quantitative estimate of drug-likeness (QED) is 0.295. The Morgan fingerprint density at radius 2 is 1.83 bits per heavy atom. The Labute approximate surface area is 172 Å². The van der Waals surface area contributed by atoms with Crippen molar-refractivity contribution in [2.75, 3.05) is 6.61 Å². The van der Waals surface area contributed by atoms with Crippen LogP contribution in [0, 0.1) is 10.1 Å². The third-order valence-corrected chi connectivity index (χ3v) is 7.36. The summed E-state index contributed by atoms with van der Waals surface area (Å²) in [6, 6.07) is 5.77. The number of ether oxygens (including phenoxy) is 1. The Hall–Kier alpha value is -1.75. The predicted molar refractivity (Wildman–Crippen MR) is 116 cm³/mol. The van der Waals surface area contributed by atoms with Crippen molar-refractivity contribution in [3.05, 3.63) is 28.3 Å². The van der Waals surface area contributed by atoms with Gasteiger partial charge in [0, 0.05) is 24.1 Å². The summed E-state index contributed by atoms with van der Waals surface area (Å²) in [6.07, 6.45) is 0. The van der Waals surface area contributed by atoms with E-state index in [9.17, 15) is 10.1 Å². The number of non-ortho nitro benzene ring substituents is 1. The molecule has 0 unspecified atom stereocenters. The van der Waals surface area contributed by atoms with E-state index in [1.165, 1.54) is 12.1 Å². The molecule has 1 fully saturated rings. The number of fused-ring (bicyclic) bond motifs is 1. The lowest BCUT2D eigenvalue weighted by Crippen LogP contribution is -2.41. The maximum atomic E-state index is 11.3. The standard InChI is InChI=1S/C19H30BN3O5Si/c1-18(2)19(3,4)28-20(27-18)17-15-12-14(23(24)25)8-9-16(15)22(21-17)13-26-10-11-29(5,6)7/h8-9,12H,10-11,13H2,1-7H3/q-1. The lowest BCUT2D eigenvalue weighted by molar-refractivity contribution is -0.384. The van der Waals surface area contributed by atoms with Crippen LogP contribution in [0.3, 0.4) is 0 Å². The fraction of sp³-hybridized carbons (Fsp3) is 0.632. The second-order valence-corrected chi connectivity index (χ2v) is 15.4. The fourth-order valence-electron chi connectivity index (χ4n) is 3.06. The highest BCUT2D eigenvalue weighted by atomic mass is 28.3. The minimum Gasteiger partial charge on any atom is -0.398 e. The lowest BCUT2D eigenvalue weighted by atomic mass is 9.82. The van der Waals surface area contributed by atoms with Crippen LogP contribution < -0.4 is 5.59 Å². The molecule has 3 rings (SSSR count). The summed E-state index contributed by atoms with van der Waals surface area (Å²) in [7, 11) is -1.89. The van der Waals surface area contributed by atoms with E-state index in [4.69, 9.17) is 14.0 Å². The number of nitro groups is 1. The molecular formula is C19H30BN3O5Si-. The summed E-state index contributed by atoms with van der Waals surface area (Å²) in [5.74, 6) is 0. The molecule has 8 nitrogen and oxygen atoms in total. The highest BCUT2D eigenvalue weighted by Gasteiger charge is 2.53. The van der Waals surface area contributed by atoms with Gasteiger partial charge in [-0.2, -0.15) is 24.7 Å². The SMILES string of the molecule is CC1(C)OB(c2nn(COCC[Si-](C)(C)C)c3ccc([N+](=O)[O-])cc23)OC1(C)C. The zero-order chi connectivity index (χ0) is 21.6. The van der Waals surface area contributed by atoms with Gasteiger partial charge in [-0.1, -0.05) is 0 Å². The highest BCUT2D eigenvalue weighted by Crippen LogP contribution is 2.37. The van der Waals surface area contributed by atoms with Gasteiger partial charge in [0.1, 0.15) is 12.3 Å². The largest absolute Gasteiger partial charge is 0.517 e. The molecule has 0 radical (unpaired) electrons. The summed E-state index contributed by atoms with van der Waals surface area (Å²) in [4.78, 5) is 10.9. The van der Waals surface area contributed by atoms with Gasteiger partial charge in [0.15, 0.2) is 0 Å². The molecule has 1 aliphatic rings. The second kappa shape index (κ2) is 7.50. The first-order chi connectivity index (χ1) is 13.3. The Morgan fingerprint density at radius 3 is 2.38 bits per heavy atom. The molecule has 29 heavy (non-hydrogen) atoms. The predicted octanol–water partition coefficient (Wildman–Crippen LogP) is 3.56. The molecule has 2 heterocycles. The van der Waals surface area contributed by atoms with Crippen LogP contribution in [-0.2, 0) is 20.8 Å². The van der Waals surface area contributed by atoms with E-state index in [1.54, 1.807) is 10.7 Å². The zero-order valence-corrected chi connectivity index (χ0v) is 19.3. The smallest absolute Gasteiger partial charge is 0.398 e. The first-order valence-corrected chi connectivity index (χ1v) is 13.6. The first-order valence-electron chi connectivity index (χ1n) is 9.89. The number of rotatable bonds is 7. The van der Waals surface area contributed by atoms with Crippen LogP contribution >= 0.6 is 0 Å². The molecule has 10 heteroatoms. The summed E-state index contributed by atoms with van der Waals surface area (Å²) >= 11 is 0. The highest BCUT2D eigenvalue weighted by molar-refractivity contribution is 6.76. The minimum absolute atomic E-state index is 0.00877. The molecular weight excluding hydrogens is 389 g/mol. The van der Waals surface area contributed by atoms with Gasteiger partial charge in [-0.3, -0.25) is 10.1 Å². The van der Waals surface area contributed by atoms with Crippen molar-refractivity contribution in [1.82, 2.24) is 9.78 Å². The number of nitro benzene ring substituents is 1. The number of hydrogen-bond donors (Lipinski definition) is 0. The van der Waals surface area contributed by atoms with E-state index in [1.807, 2.05) is 27.7 Å². The summed E-state index contributed by atoms with van der Waals surface area (Å²) in [5.41, 5.74) is 0.254. The fourth-order valence-corrected chi connectivity index (χ4v) is 3.82. The molecule has 0 amide bonds. The van der Waals surface area contributed by atoms with Gasteiger partial charge in [-0.25, -0.2) is 4.68 Å². The van der Waals surface area contributed by atoms with E-state index in [0.29, 0.717) is 17.6 Å². The van der Waals surface area contributed by atoms with Crippen LogP contribution in [0.4, 0.5) is 5.69 Å². The minimum atomic E-state index is -1.19. The van der Waals surface area contributed by atoms with E-state index in [-0.39, 0.29) is 12.4 Å². The molecule has 0 atom stereocenters. The van der Waals surface area contributed by atoms with Gasteiger partial charge < -0.3 is 14.0 Å². The third-order valence-electron chi connectivity index (χ3n) is 5.66. The van der Waals surface area contributed by atoms with Crippen LogP contribution in [0.5, 0.6) is 0 Å². The molecule has 2 aromatic rings. The Bertz CT molecular complexity index is 906. The van der Waals surface area contributed by atoms with E-state index in [2.05, 4.69) is 24.7 Å². The number of aromatic nitrogens is 2. The van der Waals surface area contributed by atoms with Gasteiger partial charge >= 0.3 is 7.12 Å². The van der Waals surface area contributed by atoms with E-state index < -0.39 is 31.3 Å². The molecule has 159 valence electrons. The molecule has 0 N–H and O–H groups in total. The van der Waals surface area contributed by atoms with Gasteiger partial charge in [0.05, 0.1) is 21.6 Å². The second-order valence-electron chi connectivity index (χ2n) is 9.78. The maximum absolute atomic E-state index is 11.3. The summed E-state index contributed by atoms with van der Waals surface area (Å²) in [6.45, 7) is 15.7. The maximum Gasteiger partial charge on any atom is 0.517 e. The molecule has 0 spiro atoms. The molecule has 0 saturated carbocycles. The average Bonchev–Trinajstić information content (AvgIpc) is 3.04. The van der Waals surface area contributed by atoms with Crippen molar-refractivity contribution in [2.45, 2.75) is 71.3 Å². The van der Waals surface area contributed by atoms with Crippen LogP contribution in [0.2, 0.25) is 25.7 Å². The van der Waals surface area contributed by atoms with Gasteiger partial charge in [-0.15, -0.1) is 14.1 Å². The van der Waals surface area contributed by atoms with Gasteiger partial charge in [0.2, 0.25) is 0 Å². The van der Waals surface area contributed by atoms with E-state index >= 15 is 0 Å². The van der Waals surface area contributed by atoms with Crippen LogP contribution in [0.25, 0.3) is 10.9 Å². The zero-order valence-electron chi connectivity index (χ0n) is 18.3. The Balaban J connectivity index is 1.94. The van der Waals surface area contributed by atoms with Crippen LogP contribution in [-0.4, -0.2) is 47.7 Å². The number of nitrogens with zero attached hydrogens (tertiary/aromatic N) is 3. The van der Waals surface area contributed by atoms with E-state index in [0.717, 1.165) is 11.6 Å². The Kier molecular flexibility index (Phi) is 5.67. The molecule has 0 aliphatic carbocycles. The lowest BCUT2D eigenvalue weighted by Gasteiger charge is -2.32. The normalized spacial score (nSPS) is 18.5. The summed E-state index contributed by atoms with van der Waals surface area (Å²) in [5, 5.41) is 16.6. The topological polar surface area (TPSA) is 88.7 Å². The van der Waals surface area contributed by atoms with Crippen molar-refractivity contribution >= 4 is 37.4 Å². The first kappa shape index (κ1) is 21.9. The number of hydrogen-bond acceptors (Lipinski definition) is 6. The van der Waals surface area contributed by atoms with Crippen molar-refractivity contribution < 1.29 is 19.0 Å². The van der Waals surface area contributed by atoms with Crippen molar-refractivity contribution in [3.63, 3.8) is 0 Å². The van der Waals surface area contributed by atoms with Crippen LogP contribution in [0.1, 0.15) is 27.7 Å². The molecule has 1 aliphatic heterocycles. The number of benzene rings is 1. The molecule has 1 aromatic heterocycles. The molecule has 0 bridgehead atoms. The van der Waals surface area contributed by atoms with Crippen molar-refractivity contribution in [1.29, 1.82) is 0 Å². The summed E-state index contributed by atoms with van der Waals surface area (Å²) < 4.78 is 19.9. The van der Waals surface area contributed by atoms with Crippen molar-refractivity contribution in [3.8, 4) is 0 Å². The van der Waals surface area contributed by atoms with Crippen LogP contribution in [0.15, 0.2) is 18.2 Å². The van der Waals surface area contributed by atoms with Gasteiger partial charge in [-0.05, 0) is 33.8 Å². The molecule has 1 aromatic carbocycles. The Morgan fingerprint density at radius 1 is 1.21 bits per heavy atom. The third kappa shape index (κ3) is 4.55. The average molecular weight is 419 g/mol. The monoisotopic (exact) mass is 419 g/mol. The molecule has 1 saturated heterocycles.